The Kier molecular flexibility index (Phi) is 8.93. The number of thiophene rings is 1. The van der Waals surface area contributed by atoms with Crippen LogP contribution in [0, 0.1) is 5.92 Å². The number of benzene rings is 2. The Morgan fingerprint density at radius 3 is 2.70 bits per heavy atom. The Morgan fingerprint density at radius 2 is 1.98 bits per heavy atom. The quantitative estimate of drug-likeness (QED) is 0.291. The number of hydrogen-bond donors (Lipinski definition) is 2. The fraction of sp³-hybridized carbons (Fsp3) is 0.355. The second-order valence-corrected chi connectivity index (χ2v) is 14.3. The molecule has 0 spiro atoms. The Labute approximate surface area is 255 Å². The smallest absolute Gasteiger partial charge is 0.258 e. The zero-order valence-electron chi connectivity index (χ0n) is 24.6. The van der Waals surface area contributed by atoms with Crippen LogP contribution in [0.15, 0.2) is 70.4 Å². The number of amides is 2. The molecule has 1 aliphatic heterocycles. The van der Waals surface area contributed by atoms with Crippen LogP contribution in [0.25, 0.3) is 10.9 Å². The number of carbonyl (C=O) groups is 2. The van der Waals surface area contributed by atoms with Crippen molar-refractivity contribution in [2.45, 2.75) is 36.6 Å². The molecule has 0 saturated carbocycles. The summed E-state index contributed by atoms with van der Waals surface area (Å²) in [5, 5.41) is 15.6. The molecular formula is C31H36N4O6S2. The first kappa shape index (κ1) is 30.7. The number of sulfonamides is 1. The first-order valence-electron chi connectivity index (χ1n) is 14.0. The summed E-state index contributed by atoms with van der Waals surface area (Å²) in [6.45, 7) is 3.71. The van der Waals surface area contributed by atoms with Crippen molar-refractivity contribution >= 4 is 49.8 Å². The van der Waals surface area contributed by atoms with Crippen molar-refractivity contribution < 1.29 is 27.9 Å². The van der Waals surface area contributed by atoms with Gasteiger partial charge in [0.1, 0.15) is 16.1 Å². The van der Waals surface area contributed by atoms with Crippen molar-refractivity contribution in [2.24, 2.45) is 13.0 Å². The van der Waals surface area contributed by atoms with Gasteiger partial charge in [0, 0.05) is 49.3 Å². The molecule has 5 rings (SSSR count). The number of anilines is 1. The molecule has 0 fully saturated rings. The standard InChI is InChI=1S/C31H36N4O6S2/c1-20-16-35(21(2)19-36)31(38)25-15-23(32-29(37)14-22-17-33(3)26-9-6-5-8-24(22)26)11-12-27(25)41-28(20)18-34(4)43(39,40)30-10-7-13-42-30/h5-13,15,17,20-21,28,36H,14,16,18-19H2,1-4H3,(H,32,37)/t20-,21-,28+/m0/s1. The van der Waals surface area contributed by atoms with Gasteiger partial charge in [-0.05, 0) is 48.2 Å². The number of rotatable bonds is 9. The summed E-state index contributed by atoms with van der Waals surface area (Å²) in [5.41, 5.74) is 2.58. The van der Waals surface area contributed by atoms with Crippen molar-refractivity contribution in [3.8, 4) is 5.75 Å². The summed E-state index contributed by atoms with van der Waals surface area (Å²) in [4.78, 5) is 28.4. The highest BCUT2D eigenvalue weighted by Gasteiger charge is 2.35. The van der Waals surface area contributed by atoms with Gasteiger partial charge in [-0.1, -0.05) is 31.2 Å². The highest BCUT2D eigenvalue weighted by atomic mass is 32.2. The minimum atomic E-state index is -3.72. The zero-order valence-corrected chi connectivity index (χ0v) is 26.2. The van der Waals surface area contributed by atoms with Crippen molar-refractivity contribution in [3.63, 3.8) is 0 Å². The lowest BCUT2D eigenvalue weighted by Gasteiger charge is -2.38. The van der Waals surface area contributed by atoms with Crippen LogP contribution in [0.5, 0.6) is 5.75 Å². The normalized spacial score (nSPS) is 18.2. The van der Waals surface area contributed by atoms with Crippen LogP contribution in [0.4, 0.5) is 5.69 Å². The van der Waals surface area contributed by atoms with Gasteiger partial charge in [-0.2, -0.15) is 4.31 Å². The summed E-state index contributed by atoms with van der Waals surface area (Å²) in [5.74, 6) is -0.549. The van der Waals surface area contributed by atoms with E-state index in [2.05, 4.69) is 5.32 Å². The van der Waals surface area contributed by atoms with Gasteiger partial charge in [-0.25, -0.2) is 8.42 Å². The Hall–Kier alpha value is -3.71. The number of aliphatic hydroxyl groups excluding tert-OH is 1. The predicted molar refractivity (Wildman–Crippen MR) is 167 cm³/mol. The van der Waals surface area contributed by atoms with Gasteiger partial charge in [0.15, 0.2) is 0 Å². The number of aromatic nitrogens is 1. The summed E-state index contributed by atoms with van der Waals surface area (Å²) in [7, 11) is -0.268. The van der Waals surface area contributed by atoms with E-state index in [1.807, 2.05) is 49.0 Å². The van der Waals surface area contributed by atoms with Crippen molar-refractivity contribution in [1.82, 2.24) is 13.8 Å². The lowest BCUT2D eigenvalue weighted by molar-refractivity contribution is -0.115. The number of para-hydroxylation sites is 1. The lowest BCUT2D eigenvalue weighted by Crippen LogP contribution is -2.50. The van der Waals surface area contributed by atoms with Crippen LogP contribution >= 0.6 is 11.3 Å². The fourth-order valence-corrected chi connectivity index (χ4v) is 7.76. The summed E-state index contributed by atoms with van der Waals surface area (Å²) in [6, 6.07) is 15.5. The number of aliphatic hydroxyl groups is 1. The number of carbonyl (C=O) groups excluding carboxylic acids is 2. The minimum Gasteiger partial charge on any atom is -0.488 e. The molecule has 3 atom stereocenters. The fourth-order valence-electron chi connectivity index (χ4n) is 5.38. The number of hydrogen-bond acceptors (Lipinski definition) is 7. The van der Waals surface area contributed by atoms with Crippen molar-refractivity contribution in [1.29, 1.82) is 0 Å². The molecule has 2 aromatic heterocycles. The van der Waals surface area contributed by atoms with E-state index >= 15 is 0 Å². The van der Waals surface area contributed by atoms with E-state index in [1.165, 1.54) is 11.4 Å². The van der Waals surface area contributed by atoms with Gasteiger partial charge in [-0.15, -0.1) is 11.3 Å². The third-order valence-electron chi connectivity index (χ3n) is 7.88. The summed E-state index contributed by atoms with van der Waals surface area (Å²) in [6.07, 6.45) is 1.50. The lowest BCUT2D eigenvalue weighted by atomic mass is 9.99. The van der Waals surface area contributed by atoms with Crippen LogP contribution in [0.3, 0.4) is 0 Å². The summed E-state index contributed by atoms with van der Waals surface area (Å²) >= 11 is 1.15. The molecule has 2 aromatic carbocycles. The van der Waals surface area contributed by atoms with Crippen LogP contribution in [-0.2, 0) is 28.3 Å². The largest absolute Gasteiger partial charge is 0.488 e. The highest BCUT2D eigenvalue weighted by Crippen LogP contribution is 2.32. The molecule has 10 nitrogen and oxygen atoms in total. The monoisotopic (exact) mass is 624 g/mol. The van der Waals surface area contributed by atoms with Crippen LogP contribution in [-0.4, -0.2) is 78.0 Å². The summed E-state index contributed by atoms with van der Waals surface area (Å²) < 4.78 is 36.1. The topological polar surface area (TPSA) is 121 Å². The molecule has 0 aliphatic carbocycles. The van der Waals surface area contributed by atoms with Crippen LogP contribution < -0.4 is 10.1 Å². The number of aryl methyl sites for hydroxylation is 1. The van der Waals surface area contributed by atoms with Gasteiger partial charge in [0.05, 0.1) is 31.2 Å². The van der Waals surface area contributed by atoms with E-state index in [0.717, 1.165) is 27.8 Å². The molecule has 4 aromatic rings. The number of nitrogens with zero attached hydrogens (tertiary/aromatic N) is 3. The SMILES string of the molecule is C[C@H]1CN([C@@H](C)CO)C(=O)c2cc(NC(=O)Cc3cn(C)c4ccccc34)ccc2O[C@@H]1CN(C)S(=O)(=O)c1cccs1. The number of fused-ring (bicyclic) bond motifs is 2. The molecule has 1 aliphatic rings. The average molecular weight is 625 g/mol. The van der Waals surface area contributed by atoms with Gasteiger partial charge >= 0.3 is 0 Å². The maximum absolute atomic E-state index is 13.8. The van der Waals surface area contributed by atoms with Crippen LogP contribution in [0.2, 0.25) is 0 Å². The van der Waals surface area contributed by atoms with E-state index in [1.54, 1.807) is 47.5 Å². The predicted octanol–water partition coefficient (Wildman–Crippen LogP) is 3.96. The molecule has 43 heavy (non-hydrogen) atoms. The van der Waals surface area contributed by atoms with Crippen LogP contribution in [0.1, 0.15) is 29.8 Å². The first-order valence-corrected chi connectivity index (χ1v) is 16.4. The van der Waals surface area contributed by atoms with Gasteiger partial charge in [-0.3, -0.25) is 9.59 Å². The third-order valence-corrected chi connectivity index (χ3v) is 11.1. The molecule has 0 unspecified atom stereocenters. The van der Waals surface area contributed by atoms with E-state index in [-0.39, 0.29) is 59.4 Å². The number of ether oxygens (including phenoxy) is 1. The van der Waals surface area contributed by atoms with Crippen molar-refractivity contribution in [2.75, 3.05) is 32.1 Å². The Morgan fingerprint density at radius 1 is 1.21 bits per heavy atom. The molecular weight excluding hydrogens is 588 g/mol. The highest BCUT2D eigenvalue weighted by molar-refractivity contribution is 7.91. The second kappa shape index (κ2) is 12.5. The number of nitrogens with one attached hydrogen (secondary N) is 1. The molecule has 0 saturated heterocycles. The molecule has 2 N–H and O–H groups in total. The first-order chi connectivity index (χ1) is 20.5. The average Bonchev–Trinajstić information content (AvgIpc) is 3.64. The second-order valence-electron chi connectivity index (χ2n) is 11.1. The van der Waals surface area contributed by atoms with E-state index < -0.39 is 22.2 Å². The Balaban J connectivity index is 1.41. The van der Waals surface area contributed by atoms with E-state index in [4.69, 9.17) is 4.74 Å². The molecule has 0 radical (unpaired) electrons. The molecule has 0 bridgehead atoms. The van der Waals surface area contributed by atoms with Crippen molar-refractivity contribution in [3.05, 3.63) is 77.3 Å². The third kappa shape index (κ3) is 6.32. The number of likely N-dealkylation sites (N-methyl/N-ethyl adjacent to an activating group) is 1. The zero-order chi connectivity index (χ0) is 30.9. The van der Waals surface area contributed by atoms with E-state index in [0.29, 0.717) is 5.69 Å². The van der Waals surface area contributed by atoms with E-state index in [9.17, 15) is 23.1 Å². The molecule has 2 amide bonds. The maximum Gasteiger partial charge on any atom is 0.258 e. The van der Waals surface area contributed by atoms with Gasteiger partial charge < -0.3 is 24.6 Å². The van der Waals surface area contributed by atoms with Gasteiger partial charge in [0.2, 0.25) is 5.91 Å². The van der Waals surface area contributed by atoms with Gasteiger partial charge in [0.25, 0.3) is 15.9 Å². The molecule has 228 valence electrons. The maximum atomic E-state index is 13.8. The Bertz CT molecular complexity index is 1730. The molecule has 3 heterocycles. The molecule has 12 heteroatoms. The minimum absolute atomic E-state index is 0.0555.